The molecule has 0 fully saturated rings. The van der Waals surface area contributed by atoms with Gasteiger partial charge in [0, 0.05) is 31.1 Å². The van der Waals surface area contributed by atoms with Crippen molar-refractivity contribution in [3.8, 4) is 0 Å². The maximum Gasteiger partial charge on any atom is 0.326 e. The highest BCUT2D eigenvalue weighted by Crippen LogP contribution is 2.18. The second-order valence-electron chi connectivity index (χ2n) is 14.0. The van der Waals surface area contributed by atoms with Crippen molar-refractivity contribution in [1.82, 2.24) is 16.0 Å². The van der Waals surface area contributed by atoms with E-state index in [0.717, 1.165) is 44.9 Å². The van der Waals surface area contributed by atoms with E-state index in [2.05, 4.69) is 16.0 Å². The van der Waals surface area contributed by atoms with Crippen molar-refractivity contribution in [3.05, 3.63) is 0 Å². The van der Waals surface area contributed by atoms with Crippen LogP contribution in [0.15, 0.2) is 0 Å². The summed E-state index contributed by atoms with van der Waals surface area (Å²) in [4.78, 5) is 82.3. The molecule has 2 unspecified atom stereocenters. The van der Waals surface area contributed by atoms with E-state index < -0.39 is 59.7 Å². The fourth-order valence-electron chi connectivity index (χ4n) is 5.26. The molecule has 0 aliphatic heterocycles. The van der Waals surface area contributed by atoms with Crippen molar-refractivity contribution in [1.29, 1.82) is 0 Å². The molecule has 13 nitrogen and oxygen atoms in total. The molecule has 0 heterocycles. The zero-order chi connectivity index (χ0) is 37.1. The molecule has 0 rings (SSSR count). The van der Waals surface area contributed by atoms with Crippen LogP contribution in [0.5, 0.6) is 0 Å². The van der Waals surface area contributed by atoms with Gasteiger partial charge in [0.1, 0.15) is 17.9 Å². The Morgan fingerprint density at radius 3 is 1.22 bits per heavy atom. The van der Waals surface area contributed by atoms with Gasteiger partial charge < -0.3 is 31.3 Å². The van der Waals surface area contributed by atoms with Crippen molar-refractivity contribution in [2.45, 2.75) is 174 Å². The van der Waals surface area contributed by atoms with Crippen LogP contribution in [0, 0.1) is 5.41 Å². The van der Waals surface area contributed by atoms with Crippen LogP contribution >= 0.6 is 0 Å². The number of rotatable bonds is 31. The van der Waals surface area contributed by atoms with Gasteiger partial charge >= 0.3 is 17.9 Å². The van der Waals surface area contributed by atoms with Gasteiger partial charge in [0.05, 0.1) is 6.54 Å². The molecule has 0 saturated carbocycles. The highest BCUT2D eigenvalue weighted by molar-refractivity contribution is 5.89. The van der Waals surface area contributed by atoms with Crippen LogP contribution in [-0.4, -0.2) is 75.4 Å². The van der Waals surface area contributed by atoms with E-state index in [9.17, 15) is 43.8 Å². The Kier molecular flexibility index (Phi) is 25.4. The van der Waals surface area contributed by atoms with Gasteiger partial charge in [-0.1, -0.05) is 111 Å². The number of carbonyl (C=O) groups is 7. The molecular weight excluding hydrogens is 634 g/mol. The average molecular weight is 698 g/mol. The highest BCUT2D eigenvalue weighted by Gasteiger charge is 2.26. The number of Topliss-reactive ketones (excluding diaryl/α,β-unsaturated/α-hetero) is 1. The Labute approximate surface area is 292 Å². The largest absolute Gasteiger partial charge is 0.481 e. The summed E-state index contributed by atoms with van der Waals surface area (Å²) in [5.41, 5.74) is -0.634. The first-order valence-electron chi connectivity index (χ1n) is 18.2. The van der Waals surface area contributed by atoms with Crippen LogP contribution in [-0.2, 0) is 33.6 Å². The van der Waals surface area contributed by atoms with Crippen LogP contribution in [0.3, 0.4) is 0 Å². The lowest BCUT2D eigenvalue weighted by Crippen LogP contribution is -2.46. The van der Waals surface area contributed by atoms with E-state index in [1.807, 2.05) is 0 Å². The van der Waals surface area contributed by atoms with Crippen LogP contribution in [0.4, 0.5) is 0 Å². The zero-order valence-electron chi connectivity index (χ0n) is 30.1. The van der Waals surface area contributed by atoms with E-state index in [1.165, 1.54) is 51.4 Å². The lowest BCUT2D eigenvalue weighted by molar-refractivity contribution is -0.142. The normalized spacial score (nSPS) is 12.5. The molecular formula is C36H63N3O10. The van der Waals surface area contributed by atoms with Gasteiger partial charge in [-0.2, -0.15) is 0 Å². The predicted molar refractivity (Wildman–Crippen MR) is 186 cm³/mol. The Balaban J connectivity index is 3.98. The summed E-state index contributed by atoms with van der Waals surface area (Å²) in [7, 11) is 0. The molecule has 0 radical (unpaired) electrons. The molecule has 0 aromatic heterocycles. The first-order valence-corrected chi connectivity index (χ1v) is 18.2. The van der Waals surface area contributed by atoms with Crippen molar-refractivity contribution < 1.29 is 48.9 Å². The summed E-state index contributed by atoms with van der Waals surface area (Å²) < 4.78 is 0. The average Bonchev–Trinajstić information content (AvgIpc) is 3.02. The summed E-state index contributed by atoms with van der Waals surface area (Å²) in [6.07, 6.45) is 17.5. The number of nitrogens with one attached hydrogen (secondary N) is 3. The minimum absolute atomic E-state index is 0.0278. The highest BCUT2D eigenvalue weighted by atomic mass is 16.4. The fraction of sp³-hybridized carbons (Fsp3) is 0.806. The maximum absolute atomic E-state index is 12.3. The van der Waals surface area contributed by atoms with Gasteiger partial charge in [-0.25, -0.2) is 9.59 Å². The van der Waals surface area contributed by atoms with Gasteiger partial charge in [0.15, 0.2) is 0 Å². The molecule has 0 spiro atoms. The summed E-state index contributed by atoms with van der Waals surface area (Å²) in [6, 6.07) is -2.54. The van der Waals surface area contributed by atoms with Crippen LogP contribution in [0.1, 0.15) is 162 Å². The quantitative estimate of drug-likeness (QED) is 0.0498. The monoisotopic (exact) mass is 697 g/mol. The molecule has 282 valence electrons. The van der Waals surface area contributed by atoms with Crippen molar-refractivity contribution in [2.75, 3.05) is 6.54 Å². The van der Waals surface area contributed by atoms with E-state index in [1.54, 1.807) is 20.8 Å². The summed E-state index contributed by atoms with van der Waals surface area (Å²) in [5.74, 6) is -5.19. The molecule has 0 aromatic carbocycles. The van der Waals surface area contributed by atoms with Crippen molar-refractivity contribution >= 4 is 41.4 Å². The standard InChI is InChI=1S/C36H63N3O10/c1-36(2,3)29(40)24-22-27(34(46)47)39-32(43)26-37-30(41)25-23-28(35(48)49)38-31(42)20-18-16-14-12-10-8-6-4-5-7-9-11-13-15-17-19-21-33(44)45/h27-28H,4-26H2,1-3H3,(H,37,41)(H,38,42)(H,39,43)(H,44,45)(H,46,47)(H,48,49). The van der Waals surface area contributed by atoms with Gasteiger partial charge in [-0.05, 0) is 25.7 Å². The summed E-state index contributed by atoms with van der Waals surface area (Å²) in [5, 5.41) is 34.5. The third-order valence-corrected chi connectivity index (χ3v) is 8.41. The van der Waals surface area contributed by atoms with Crippen LogP contribution < -0.4 is 16.0 Å². The predicted octanol–water partition coefficient (Wildman–Crippen LogP) is 5.52. The Morgan fingerprint density at radius 2 is 0.837 bits per heavy atom. The second kappa shape index (κ2) is 27.3. The molecule has 0 aromatic rings. The number of unbranched alkanes of at least 4 members (excludes halogenated alkanes) is 15. The Hall–Kier alpha value is -3.51. The smallest absolute Gasteiger partial charge is 0.326 e. The van der Waals surface area contributed by atoms with Gasteiger partial charge in [0.2, 0.25) is 17.7 Å². The minimum atomic E-state index is -1.30. The van der Waals surface area contributed by atoms with Crippen LogP contribution in [0.2, 0.25) is 0 Å². The number of aliphatic carboxylic acids is 3. The molecule has 0 aliphatic carbocycles. The number of carbonyl (C=O) groups excluding carboxylic acids is 4. The Morgan fingerprint density at radius 1 is 0.469 bits per heavy atom. The van der Waals surface area contributed by atoms with E-state index >= 15 is 0 Å². The SMILES string of the molecule is CC(C)(C)C(=O)CCC(NC(=O)CNC(=O)CCC(NC(=O)CCCCCCCCCCCCCCCCCCC(=O)O)C(=O)O)C(=O)O. The third-order valence-electron chi connectivity index (χ3n) is 8.41. The number of hydrogen-bond donors (Lipinski definition) is 6. The molecule has 2 atom stereocenters. The minimum Gasteiger partial charge on any atom is -0.481 e. The lowest BCUT2D eigenvalue weighted by Gasteiger charge is -2.19. The number of ketones is 1. The number of amides is 3. The zero-order valence-corrected chi connectivity index (χ0v) is 30.1. The van der Waals surface area contributed by atoms with Crippen LogP contribution in [0.25, 0.3) is 0 Å². The summed E-state index contributed by atoms with van der Waals surface area (Å²) >= 11 is 0. The number of carboxylic acid groups (broad SMARTS) is 3. The van der Waals surface area contributed by atoms with Gasteiger partial charge in [-0.15, -0.1) is 0 Å². The van der Waals surface area contributed by atoms with Gasteiger partial charge in [0.25, 0.3) is 0 Å². The molecule has 3 amide bonds. The topological polar surface area (TPSA) is 216 Å². The van der Waals surface area contributed by atoms with Crippen molar-refractivity contribution in [3.63, 3.8) is 0 Å². The van der Waals surface area contributed by atoms with Crippen molar-refractivity contribution in [2.24, 2.45) is 5.41 Å². The molecule has 0 bridgehead atoms. The number of hydrogen-bond acceptors (Lipinski definition) is 7. The van der Waals surface area contributed by atoms with E-state index in [-0.39, 0.29) is 44.3 Å². The van der Waals surface area contributed by atoms with E-state index in [0.29, 0.717) is 6.42 Å². The lowest BCUT2D eigenvalue weighted by atomic mass is 9.87. The second-order valence-corrected chi connectivity index (χ2v) is 14.0. The third kappa shape index (κ3) is 27.1. The molecule has 13 heteroatoms. The first-order chi connectivity index (χ1) is 23.1. The van der Waals surface area contributed by atoms with E-state index in [4.69, 9.17) is 5.11 Å². The first kappa shape index (κ1) is 45.5. The Bertz CT molecular complexity index is 1030. The molecule has 6 N–H and O–H groups in total. The fourth-order valence-corrected chi connectivity index (χ4v) is 5.26. The molecule has 49 heavy (non-hydrogen) atoms. The maximum atomic E-state index is 12.3. The summed E-state index contributed by atoms with van der Waals surface area (Å²) in [6.45, 7) is 4.64. The number of carboxylic acids is 3. The van der Waals surface area contributed by atoms with Gasteiger partial charge in [-0.3, -0.25) is 24.0 Å². The molecule has 0 aliphatic rings. The molecule has 0 saturated heterocycles.